The van der Waals surface area contributed by atoms with Gasteiger partial charge in [-0.3, -0.25) is 9.79 Å². The molecule has 2 heterocycles. The van der Waals surface area contributed by atoms with Crippen LogP contribution in [0.25, 0.3) is 0 Å². The highest BCUT2D eigenvalue weighted by molar-refractivity contribution is 8.03. The van der Waals surface area contributed by atoms with Crippen LogP contribution in [0.1, 0.15) is 18.4 Å². The SMILES string of the molecule is N#Cc1ccc2c(c1)NC(=C(C(N)=O)C(N)=N[C@@H]1CCCNC1)S2. The van der Waals surface area contributed by atoms with Crippen molar-refractivity contribution in [2.45, 2.75) is 23.8 Å². The molecule has 1 fully saturated rings. The van der Waals surface area contributed by atoms with E-state index in [-0.39, 0.29) is 17.5 Å². The molecule has 0 saturated carbocycles. The van der Waals surface area contributed by atoms with Crippen molar-refractivity contribution in [1.82, 2.24) is 5.32 Å². The van der Waals surface area contributed by atoms with Crippen LogP contribution in [-0.2, 0) is 4.79 Å². The Balaban J connectivity index is 1.91. The van der Waals surface area contributed by atoms with Gasteiger partial charge in [0.1, 0.15) is 11.4 Å². The molecule has 1 aromatic rings. The number of amides is 1. The zero-order valence-electron chi connectivity index (χ0n) is 13.0. The minimum absolute atomic E-state index is 0.0488. The molecule has 7 nitrogen and oxygen atoms in total. The molecule has 3 rings (SSSR count). The number of nitrogens with two attached hydrogens (primary N) is 2. The number of anilines is 1. The molecule has 6 N–H and O–H groups in total. The molecule has 2 aliphatic rings. The molecule has 0 aliphatic carbocycles. The third kappa shape index (κ3) is 3.37. The first-order valence-corrected chi connectivity index (χ1v) is 8.47. The molecule has 1 amide bonds. The van der Waals surface area contributed by atoms with Gasteiger partial charge in [0, 0.05) is 11.4 Å². The Morgan fingerprint density at radius 1 is 1.42 bits per heavy atom. The van der Waals surface area contributed by atoms with E-state index < -0.39 is 5.91 Å². The maximum atomic E-state index is 11.9. The van der Waals surface area contributed by atoms with E-state index in [2.05, 4.69) is 21.7 Å². The van der Waals surface area contributed by atoms with Crippen molar-refractivity contribution in [2.24, 2.45) is 16.5 Å². The predicted molar refractivity (Wildman–Crippen MR) is 94.4 cm³/mol. The number of nitrogens with zero attached hydrogens (tertiary/aromatic N) is 2. The van der Waals surface area contributed by atoms with Gasteiger partial charge in [-0.05, 0) is 37.6 Å². The Morgan fingerprint density at radius 2 is 2.25 bits per heavy atom. The number of amidine groups is 1. The lowest BCUT2D eigenvalue weighted by molar-refractivity contribution is -0.114. The maximum Gasteiger partial charge on any atom is 0.255 e. The first kappa shape index (κ1) is 16.4. The summed E-state index contributed by atoms with van der Waals surface area (Å²) >= 11 is 1.36. The Hall–Kier alpha value is -2.50. The zero-order chi connectivity index (χ0) is 17.1. The van der Waals surface area contributed by atoms with Crippen molar-refractivity contribution in [3.05, 3.63) is 34.4 Å². The molecular weight excluding hydrogens is 324 g/mol. The van der Waals surface area contributed by atoms with E-state index in [9.17, 15) is 4.79 Å². The number of hydrogen-bond donors (Lipinski definition) is 4. The average Bonchev–Trinajstić information content (AvgIpc) is 2.97. The van der Waals surface area contributed by atoms with E-state index in [0.717, 1.165) is 36.5 Å². The summed E-state index contributed by atoms with van der Waals surface area (Å²) in [6.07, 6.45) is 1.96. The highest BCUT2D eigenvalue weighted by Crippen LogP contribution is 2.42. The van der Waals surface area contributed by atoms with Crippen LogP contribution in [0.5, 0.6) is 0 Å². The predicted octanol–water partition coefficient (Wildman–Crippen LogP) is 0.882. The number of carbonyl (C=O) groups is 1. The average molecular weight is 342 g/mol. The standard InChI is InChI=1S/C16H18N6OS/c17-7-9-3-4-12-11(6-9)22-16(24-12)13(15(19)23)14(18)21-10-2-1-5-20-8-10/h3-4,6,10,20,22H,1-2,5,8H2,(H2,18,21)(H2,19,23)/t10-/m1/s1. The van der Waals surface area contributed by atoms with Crippen molar-refractivity contribution in [1.29, 1.82) is 5.26 Å². The largest absolute Gasteiger partial charge is 0.383 e. The van der Waals surface area contributed by atoms with Crippen LogP contribution in [0.15, 0.2) is 38.7 Å². The molecular formula is C16H18N6OS. The van der Waals surface area contributed by atoms with Crippen molar-refractivity contribution < 1.29 is 4.79 Å². The lowest BCUT2D eigenvalue weighted by atomic mass is 10.1. The summed E-state index contributed by atoms with van der Waals surface area (Å²) in [5.74, 6) is -0.470. The Labute approximate surface area is 144 Å². The second-order valence-electron chi connectivity index (χ2n) is 5.63. The molecule has 0 radical (unpaired) electrons. The molecule has 2 aliphatic heterocycles. The van der Waals surface area contributed by atoms with Gasteiger partial charge in [-0.15, -0.1) is 0 Å². The first-order valence-electron chi connectivity index (χ1n) is 7.66. The maximum absolute atomic E-state index is 11.9. The highest BCUT2D eigenvalue weighted by atomic mass is 32.2. The molecule has 124 valence electrons. The fourth-order valence-corrected chi connectivity index (χ4v) is 3.76. The first-order chi connectivity index (χ1) is 11.6. The smallest absolute Gasteiger partial charge is 0.255 e. The molecule has 0 spiro atoms. The fraction of sp³-hybridized carbons (Fsp3) is 0.312. The highest BCUT2D eigenvalue weighted by Gasteiger charge is 2.25. The lowest BCUT2D eigenvalue weighted by Gasteiger charge is -2.20. The van der Waals surface area contributed by atoms with Gasteiger partial charge < -0.3 is 22.1 Å². The number of aliphatic imine (C=N–C) groups is 1. The summed E-state index contributed by atoms with van der Waals surface area (Å²) in [4.78, 5) is 17.3. The summed E-state index contributed by atoms with van der Waals surface area (Å²) in [6, 6.07) is 7.42. The quantitative estimate of drug-likeness (QED) is 0.367. The molecule has 1 aromatic carbocycles. The topological polar surface area (TPSA) is 129 Å². The zero-order valence-corrected chi connectivity index (χ0v) is 13.8. The van der Waals surface area contributed by atoms with Crippen LogP contribution >= 0.6 is 11.8 Å². The van der Waals surface area contributed by atoms with Gasteiger partial charge >= 0.3 is 0 Å². The van der Waals surface area contributed by atoms with Crippen molar-refractivity contribution in [2.75, 3.05) is 18.4 Å². The van der Waals surface area contributed by atoms with Crippen LogP contribution in [-0.4, -0.2) is 30.9 Å². The molecule has 0 aromatic heterocycles. The minimum atomic E-state index is -0.622. The number of piperidine rings is 1. The van der Waals surface area contributed by atoms with Gasteiger partial charge in [-0.2, -0.15) is 5.26 Å². The minimum Gasteiger partial charge on any atom is -0.383 e. The number of thioether (sulfide) groups is 1. The number of rotatable bonds is 3. The molecule has 1 atom stereocenters. The molecule has 8 heteroatoms. The van der Waals surface area contributed by atoms with E-state index in [1.165, 1.54) is 11.8 Å². The number of nitriles is 1. The van der Waals surface area contributed by atoms with Gasteiger partial charge in [0.05, 0.1) is 28.4 Å². The van der Waals surface area contributed by atoms with Gasteiger partial charge in [0.25, 0.3) is 5.91 Å². The van der Waals surface area contributed by atoms with E-state index in [4.69, 9.17) is 16.7 Å². The van der Waals surface area contributed by atoms with Crippen molar-refractivity contribution >= 4 is 29.2 Å². The van der Waals surface area contributed by atoms with Gasteiger partial charge in [-0.1, -0.05) is 11.8 Å². The van der Waals surface area contributed by atoms with Crippen LogP contribution < -0.4 is 22.1 Å². The monoisotopic (exact) mass is 342 g/mol. The summed E-state index contributed by atoms with van der Waals surface area (Å²) in [7, 11) is 0. The van der Waals surface area contributed by atoms with E-state index in [1.54, 1.807) is 12.1 Å². The number of nitrogens with one attached hydrogen (secondary N) is 2. The van der Waals surface area contributed by atoms with Crippen molar-refractivity contribution in [3.63, 3.8) is 0 Å². The van der Waals surface area contributed by atoms with Crippen LogP contribution in [0.2, 0.25) is 0 Å². The molecule has 0 unspecified atom stereocenters. The van der Waals surface area contributed by atoms with Crippen LogP contribution in [0.3, 0.4) is 0 Å². The number of carbonyl (C=O) groups excluding carboxylic acids is 1. The molecule has 1 saturated heterocycles. The number of primary amides is 1. The van der Waals surface area contributed by atoms with Crippen molar-refractivity contribution in [3.8, 4) is 6.07 Å². The van der Waals surface area contributed by atoms with Crippen LogP contribution in [0.4, 0.5) is 5.69 Å². The second kappa shape index (κ2) is 6.95. The lowest BCUT2D eigenvalue weighted by Crippen LogP contribution is -2.36. The molecule has 0 bridgehead atoms. The van der Waals surface area contributed by atoms with Gasteiger partial charge in [0.2, 0.25) is 0 Å². The number of benzene rings is 1. The Kier molecular flexibility index (Phi) is 4.74. The second-order valence-corrected chi connectivity index (χ2v) is 6.68. The van der Waals surface area contributed by atoms with Gasteiger partial charge in [0.15, 0.2) is 0 Å². The summed E-state index contributed by atoms with van der Waals surface area (Å²) in [5.41, 5.74) is 13.1. The summed E-state index contributed by atoms with van der Waals surface area (Å²) in [6.45, 7) is 1.72. The number of fused-ring (bicyclic) bond motifs is 1. The van der Waals surface area contributed by atoms with E-state index in [0.29, 0.717) is 10.6 Å². The van der Waals surface area contributed by atoms with E-state index in [1.807, 2.05) is 6.07 Å². The Bertz CT molecular complexity index is 773. The Morgan fingerprint density at radius 3 is 2.92 bits per heavy atom. The summed E-state index contributed by atoms with van der Waals surface area (Å²) in [5, 5.41) is 15.9. The van der Waals surface area contributed by atoms with Gasteiger partial charge in [-0.25, -0.2) is 0 Å². The van der Waals surface area contributed by atoms with Crippen LogP contribution in [0, 0.1) is 11.3 Å². The molecule has 24 heavy (non-hydrogen) atoms. The third-order valence-corrected chi connectivity index (χ3v) is 4.98. The fourth-order valence-electron chi connectivity index (χ4n) is 2.72. The number of hydrogen-bond acceptors (Lipinski definition) is 6. The van der Waals surface area contributed by atoms with E-state index >= 15 is 0 Å². The normalized spacial score (nSPS) is 22.3. The summed E-state index contributed by atoms with van der Waals surface area (Å²) < 4.78 is 0. The third-order valence-electron chi connectivity index (χ3n) is 3.89.